The van der Waals surface area contributed by atoms with E-state index in [-0.39, 0.29) is 17.9 Å². The average Bonchev–Trinajstić information content (AvgIpc) is 2.80. The highest BCUT2D eigenvalue weighted by Gasteiger charge is 2.28. The predicted octanol–water partition coefficient (Wildman–Crippen LogP) is 3.98. The Bertz CT molecular complexity index is 800. The van der Waals surface area contributed by atoms with Gasteiger partial charge in [0.05, 0.1) is 0 Å². The number of nitrogens with one attached hydrogen (secondary N) is 2. The fourth-order valence-corrected chi connectivity index (χ4v) is 5.63. The molecule has 6 nitrogen and oxygen atoms in total. The van der Waals surface area contributed by atoms with Crippen molar-refractivity contribution in [2.75, 3.05) is 38.0 Å². The van der Waals surface area contributed by atoms with Gasteiger partial charge in [-0.3, -0.25) is 19.8 Å². The molecule has 0 aromatic heterocycles. The van der Waals surface area contributed by atoms with E-state index in [4.69, 9.17) is 0 Å². The van der Waals surface area contributed by atoms with Crippen molar-refractivity contribution in [2.24, 2.45) is 5.92 Å². The number of likely N-dealkylation sites (tertiary alicyclic amines) is 2. The van der Waals surface area contributed by atoms with Gasteiger partial charge in [-0.25, -0.2) is 0 Å². The van der Waals surface area contributed by atoms with E-state index >= 15 is 0 Å². The summed E-state index contributed by atoms with van der Waals surface area (Å²) in [6, 6.07) is 8.25. The second kappa shape index (κ2) is 10.6. The summed E-state index contributed by atoms with van der Waals surface area (Å²) in [4.78, 5) is 28.6. The average molecular weight is 455 g/mol. The third kappa shape index (κ3) is 6.57. The molecule has 3 fully saturated rings. The Hall–Kier alpha value is -1.92. The Labute approximate surface area is 199 Å². The van der Waals surface area contributed by atoms with Crippen LogP contribution in [0.25, 0.3) is 0 Å². The minimum atomic E-state index is -0.322. The molecule has 0 saturated carbocycles. The number of rotatable bonds is 6. The summed E-state index contributed by atoms with van der Waals surface area (Å²) in [6.07, 6.45) is 7.46. The number of amides is 2. The molecule has 3 aliphatic rings. The summed E-state index contributed by atoms with van der Waals surface area (Å²) in [5, 5.41) is 5.68. The number of nitrogens with zero attached hydrogens (tertiary/aromatic N) is 2. The Balaban J connectivity index is 1.17. The summed E-state index contributed by atoms with van der Waals surface area (Å²) in [5.41, 5.74) is 2.66. The molecule has 0 radical (unpaired) electrons. The minimum Gasteiger partial charge on any atom is -0.374 e. The SMILES string of the molecule is CC(C)(C)N1CCC(CCN2CCC(c3ccc(NC4CCC(=O)NC4=O)cc3)CC2)CC1. The van der Waals surface area contributed by atoms with E-state index in [1.807, 2.05) is 0 Å². The quantitative estimate of drug-likeness (QED) is 0.637. The normalized spacial score (nSPS) is 24.6. The predicted molar refractivity (Wildman–Crippen MR) is 133 cm³/mol. The second-order valence-electron chi connectivity index (χ2n) is 11.3. The van der Waals surface area contributed by atoms with Gasteiger partial charge in [0, 0.05) is 17.6 Å². The molecule has 6 heteroatoms. The van der Waals surface area contributed by atoms with Gasteiger partial charge in [0.2, 0.25) is 11.8 Å². The van der Waals surface area contributed by atoms with Crippen LogP contribution >= 0.6 is 0 Å². The number of carbonyl (C=O) groups excluding carboxylic acids is 2. The highest BCUT2D eigenvalue weighted by atomic mass is 16.2. The molecule has 2 amide bonds. The van der Waals surface area contributed by atoms with E-state index in [9.17, 15) is 9.59 Å². The van der Waals surface area contributed by atoms with Crippen LogP contribution in [-0.2, 0) is 9.59 Å². The molecule has 182 valence electrons. The minimum absolute atomic E-state index is 0.175. The maximum absolute atomic E-state index is 12.0. The summed E-state index contributed by atoms with van der Waals surface area (Å²) in [5.74, 6) is 1.12. The second-order valence-corrected chi connectivity index (χ2v) is 11.3. The lowest BCUT2D eigenvalue weighted by Crippen LogP contribution is -2.47. The van der Waals surface area contributed by atoms with Gasteiger partial charge in [-0.05, 0) is 122 Å². The van der Waals surface area contributed by atoms with Crippen molar-refractivity contribution < 1.29 is 9.59 Å². The van der Waals surface area contributed by atoms with E-state index < -0.39 is 0 Å². The summed E-state index contributed by atoms with van der Waals surface area (Å²) >= 11 is 0. The van der Waals surface area contributed by atoms with Crippen molar-refractivity contribution in [3.05, 3.63) is 29.8 Å². The van der Waals surface area contributed by atoms with Gasteiger partial charge in [-0.2, -0.15) is 0 Å². The number of hydrogen-bond donors (Lipinski definition) is 2. The smallest absolute Gasteiger partial charge is 0.249 e. The molecule has 1 aromatic carbocycles. The first-order chi connectivity index (χ1) is 15.8. The zero-order valence-electron chi connectivity index (χ0n) is 20.7. The van der Waals surface area contributed by atoms with E-state index in [1.165, 1.54) is 70.4 Å². The number of hydrogen-bond acceptors (Lipinski definition) is 5. The molecule has 2 N–H and O–H groups in total. The van der Waals surface area contributed by atoms with E-state index in [1.54, 1.807) is 0 Å². The number of piperidine rings is 3. The molecule has 1 unspecified atom stereocenters. The van der Waals surface area contributed by atoms with Crippen LogP contribution in [0.15, 0.2) is 24.3 Å². The monoisotopic (exact) mass is 454 g/mol. The van der Waals surface area contributed by atoms with Crippen LogP contribution < -0.4 is 10.6 Å². The highest BCUT2D eigenvalue weighted by molar-refractivity contribution is 6.01. The molecular formula is C27H42N4O2. The van der Waals surface area contributed by atoms with Crippen molar-refractivity contribution in [2.45, 2.75) is 83.2 Å². The molecule has 0 bridgehead atoms. The van der Waals surface area contributed by atoms with Crippen molar-refractivity contribution in [3.63, 3.8) is 0 Å². The van der Waals surface area contributed by atoms with Crippen LogP contribution in [0, 0.1) is 5.92 Å². The number of carbonyl (C=O) groups is 2. The van der Waals surface area contributed by atoms with Crippen molar-refractivity contribution in [3.8, 4) is 0 Å². The van der Waals surface area contributed by atoms with Crippen LogP contribution in [0.1, 0.15) is 77.2 Å². The molecular weight excluding hydrogens is 412 g/mol. The van der Waals surface area contributed by atoms with Gasteiger partial charge in [-0.15, -0.1) is 0 Å². The van der Waals surface area contributed by atoms with Crippen LogP contribution in [-0.4, -0.2) is 65.9 Å². The molecule has 3 aliphatic heterocycles. The van der Waals surface area contributed by atoms with E-state index in [0.29, 0.717) is 24.3 Å². The molecule has 1 atom stereocenters. The maximum Gasteiger partial charge on any atom is 0.249 e. The first-order valence-electron chi connectivity index (χ1n) is 13.0. The molecule has 4 rings (SSSR count). The van der Waals surface area contributed by atoms with Crippen LogP contribution in [0.5, 0.6) is 0 Å². The van der Waals surface area contributed by atoms with Gasteiger partial charge in [0.15, 0.2) is 0 Å². The van der Waals surface area contributed by atoms with Gasteiger partial charge < -0.3 is 10.2 Å². The summed E-state index contributed by atoms with van der Waals surface area (Å²) < 4.78 is 0. The molecule has 0 aliphatic carbocycles. The van der Waals surface area contributed by atoms with Crippen LogP contribution in [0.3, 0.4) is 0 Å². The van der Waals surface area contributed by atoms with E-state index in [0.717, 1.165) is 11.6 Å². The largest absolute Gasteiger partial charge is 0.374 e. The van der Waals surface area contributed by atoms with Gasteiger partial charge in [0.25, 0.3) is 0 Å². The maximum atomic E-state index is 12.0. The first-order valence-corrected chi connectivity index (χ1v) is 13.0. The van der Waals surface area contributed by atoms with Gasteiger partial charge >= 0.3 is 0 Å². The molecule has 33 heavy (non-hydrogen) atoms. The number of benzene rings is 1. The summed E-state index contributed by atoms with van der Waals surface area (Å²) in [6.45, 7) is 13.2. The third-order valence-corrected chi connectivity index (χ3v) is 7.97. The van der Waals surface area contributed by atoms with Crippen LogP contribution in [0.4, 0.5) is 5.69 Å². The lowest BCUT2D eigenvalue weighted by molar-refractivity contribution is -0.133. The standard InChI is InChI=1S/C27H42N4O2/c1-27(2,3)31-18-11-20(12-19-31)10-15-30-16-13-22(14-17-30)21-4-6-23(7-5-21)28-24-8-9-25(32)29-26(24)33/h4-7,20,22,24,28H,8-19H2,1-3H3,(H,29,32,33). The molecule has 0 spiro atoms. The number of anilines is 1. The van der Waals surface area contributed by atoms with Crippen LogP contribution in [0.2, 0.25) is 0 Å². The highest BCUT2D eigenvalue weighted by Crippen LogP contribution is 2.30. The van der Waals surface area contributed by atoms with Gasteiger partial charge in [0.1, 0.15) is 6.04 Å². The van der Waals surface area contributed by atoms with Crippen molar-refractivity contribution >= 4 is 17.5 Å². The number of imide groups is 1. The Morgan fingerprint density at radius 1 is 0.939 bits per heavy atom. The molecule has 3 heterocycles. The zero-order valence-corrected chi connectivity index (χ0v) is 20.7. The third-order valence-electron chi connectivity index (χ3n) is 7.97. The lowest BCUT2D eigenvalue weighted by atomic mass is 9.88. The summed E-state index contributed by atoms with van der Waals surface area (Å²) in [7, 11) is 0. The van der Waals surface area contributed by atoms with Crippen molar-refractivity contribution in [1.82, 2.24) is 15.1 Å². The molecule has 1 aromatic rings. The fraction of sp³-hybridized carbons (Fsp3) is 0.704. The Morgan fingerprint density at radius 3 is 2.21 bits per heavy atom. The molecule has 3 saturated heterocycles. The fourth-order valence-electron chi connectivity index (χ4n) is 5.63. The van der Waals surface area contributed by atoms with Crippen molar-refractivity contribution in [1.29, 1.82) is 0 Å². The topological polar surface area (TPSA) is 64.7 Å². The first kappa shape index (κ1) is 24.2. The Kier molecular flexibility index (Phi) is 7.75. The lowest BCUT2D eigenvalue weighted by Gasteiger charge is -2.41. The van der Waals surface area contributed by atoms with Gasteiger partial charge in [-0.1, -0.05) is 12.1 Å². The Morgan fingerprint density at radius 2 is 1.61 bits per heavy atom. The zero-order chi connectivity index (χ0) is 23.4. The van der Waals surface area contributed by atoms with E-state index in [2.05, 4.69) is 65.5 Å².